The van der Waals surface area contributed by atoms with Gasteiger partial charge >= 0.3 is 0 Å². The fourth-order valence-corrected chi connectivity index (χ4v) is 5.31. The van der Waals surface area contributed by atoms with Crippen molar-refractivity contribution in [3.63, 3.8) is 0 Å². The summed E-state index contributed by atoms with van der Waals surface area (Å²) in [7, 11) is -3.82. The number of rotatable bonds is 5. The highest BCUT2D eigenvalue weighted by Crippen LogP contribution is 2.32. The molecule has 4 rings (SSSR count). The van der Waals surface area contributed by atoms with E-state index in [0.717, 1.165) is 49.6 Å². The SMILES string of the molecule is O=Cc1cc(S(=O)(=O)C2CN(c3ccnc(N4CCCC4)c3)C2)cc(F)c1O. The number of benzene rings is 1. The quantitative estimate of drug-likeness (QED) is 0.761. The zero-order valence-corrected chi connectivity index (χ0v) is 15.9. The molecule has 0 unspecified atom stereocenters. The van der Waals surface area contributed by atoms with Gasteiger partial charge in [-0.2, -0.15) is 0 Å². The van der Waals surface area contributed by atoms with Gasteiger partial charge in [-0.05, 0) is 31.0 Å². The minimum atomic E-state index is -3.82. The van der Waals surface area contributed by atoms with Gasteiger partial charge in [0.15, 0.2) is 27.7 Å². The van der Waals surface area contributed by atoms with E-state index >= 15 is 0 Å². The fraction of sp³-hybridized carbons (Fsp3) is 0.368. The lowest BCUT2D eigenvalue weighted by molar-refractivity contribution is 0.112. The zero-order valence-electron chi connectivity index (χ0n) is 15.1. The number of phenols is 1. The smallest absolute Gasteiger partial charge is 0.184 e. The number of hydrogen-bond acceptors (Lipinski definition) is 7. The van der Waals surface area contributed by atoms with E-state index in [0.29, 0.717) is 0 Å². The molecule has 3 heterocycles. The van der Waals surface area contributed by atoms with Crippen molar-refractivity contribution in [3.8, 4) is 5.75 Å². The summed E-state index contributed by atoms with van der Waals surface area (Å²) in [6.45, 7) is 2.48. The summed E-state index contributed by atoms with van der Waals surface area (Å²) >= 11 is 0. The Labute approximate surface area is 162 Å². The van der Waals surface area contributed by atoms with Gasteiger partial charge < -0.3 is 14.9 Å². The Hall–Kier alpha value is -2.68. The minimum Gasteiger partial charge on any atom is -0.504 e. The number of aromatic nitrogens is 1. The molecule has 0 saturated carbocycles. The number of pyridine rings is 1. The van der Waals surface area contributed by atoms with Gasteiger partial charge in [0.1, 0.15) is 11.1 Å². The predicted molar refractivity (Wildman–Crippen MR) is 102 cm³/mol. The third kappa shape index (κ3) is 3.19. The van der Waals surface area contributed by atoms with Crippen LogP contribution in [-0.2, 0) is 9.84 Å². The van der Waals surface area contributed by atoms with Crippen LogP contribution >= 0.6 is 0 Å². The highest BCUT2D eigenvalue weighted by Gasteiger charge is 2.39. The number of halogens is 1. The number of aldehydes is 1. The van der Waals surface area contributed by atoms with Gasteiger partial charge in [0.25, 0.3) is 0 Å². The molecule has 1 aromatic heterocycles. The van der Waals surface area contributed by atoms with Crippen molar-refractivity contribution in [2.45, 2.75) is 23.0 Å². The molecule has 28 heavy (non-hydrogen) atoms. The summed E-state index contributed by atoms with van der Waals surface area (Å²) in [6, 6.07) is 5.57. The van der Waals surface area contributed by atoms with Crippen LogP contribution in [0, 0.1) is 5.82 Å². The molecule has 2 saturated heterocycles. The van der Waals surface area contributed by atoms with Gasteiger partial charge in [-0.1, -0.05) is 0 Å². The van der Waals surface area contributed by atoms with E-state index in [2.05, 4.69) is 9.88 Å². The van der Waals surface area contributed by atoms with Crippen LogP contribution < -0.4 is 9.80 Å². The Balaban J connectivity index is 1.51. The van der Waals surface area contributed by atoms with Gasteiger partial charge in [0.05, 0.1) is 10.5 Å². The molecule has 2 aliphatic rings. The van der Waals surface area contributed by atoms with E-state index in [1.807, 2.05) is 17.0 Å². The van der Waals surface area contributed by atoms with E-state index in [9.17, 15) is 22.7 Å². The Morgan fingerprint density at radius 2 is 1.86 bits per heavy atom. The molecule has 1 aromatic carbocycles. The van der Waals surface area contributed by atoms with Gasteiger partial charge in [-0.3, -0.25) is 4.79 Å². The summed E-state index contributed by atoms with van der Waals surface area (Å²) in [5.41, 5.74) is 0.521. The minimum absolute atomic E-state index is 0.237. The van der Waals surface area contributed by atoms with E-state index in [1.54, 1.807) is 6.20 Å². The second-order valence-electron chi connectivity index (χ2n) is 7.10. The van der Waals surface area contributed by atoms with Crippen LogP contribution in [0.5, 0.6) is 5.75 Å². The van der Waals surface area contributed by atoms with Crippen LogP contribution in [-0.4, -0.2) is 56.2 Å². The largest absolute Gasteiger partial charge is 0.504 e. The number of carbonyl (C=O) groups is 1. The third-order valence-electron chi connectivity index (χ3n) is 5.33. The van der Waals surface area contributed by atoms with Crippen LogP contribution in [0.4, 0.5) is 15.9 Å². The molecule has 0 bridgehead atoms. The molecule has 0 radical (unpaired) electrons. The first-order chi connectivity index (χ1) is 13.4. The third-order valence-corrected chi connectivity index (χ3v) is 7.40. The Morgan fingerprint density at radius 3 is 2.54 bits per heavy atom. The van der Waals surface area contributed by atoms with Crippen molar-refractivity contribution in [3.05, 3.63) is 41.8 Å². The monoisotopic (exact) mass is 405 g/mol. The second kappa shape index (κ2) is 7.05. The molecule has 148 valence electrons. The van der Waals surface area contributed by atoms with E-state index in [1.165, 1.54) is 0 Å². The summed E-state index contributed by atoms with van der Waals surface area (Å²) < 4.78 is 39.4. The number of nitrogens with zero attached hydrogens (tertiary/aromatic N) is 3. The number of carbonyl (C=O) groups excluding carboxylic acids is 1. The topological polar surface area (TPSA) is 90.8 Å². The molecule has 0 aliphatic carbocycles. The number of aromatic hydroxyl groups is 1. The average Bonchev–Trinajstić information content (AvgIpc) is 3.17. The normalized spacial score (nSPS) is 17.6. The van der Waals surface area contributed by atoms with Crippen molar-refractivity contribution < 1.29 is 22.7 Å². The van der Waals surface area contributed by atoms with Crippen molar-refractivity contribution in [1.29, 1.82) is 0 Å². The number of anilines is 2. The van der Waals surface area contributed by atoms with Gasteiger partial charge in [0.2, 0.25) is 0 Å². The van der Waals surface area contributed by atoms with Crippen molar-refractivity contribution >= 4 is 27.6 Å². The molecule has 0 amide bonds. The molecule has 1 N–H and O–H groups in total. The van der Waals surface area contributed by atoms with E-state index < -0.39 is 26.7 Å². The summed E-state index contributed by atoms with van der Waals surface area (Å²) in [5, 5.41) is 8.78. The lowest BCUT2D eigenvalue weighted by Crippen LogP contribution is -2.54. The molecule has 0 spiro atoms. The van der Waals surface area contributed by atoms with Gasteiger partial charge in [-0.15, -0.1) is 0 Å². The summed E-state index contributed by atoms with van der Waals surface area (Å²) in [4.78, 5) is 19.2. The van der Waals surface area contributed by atoms with Crippen LogP contribution in [0.15, 0.2) is 35.4 Å². The molecule has 2 fully saturated rings. The van der Waals surface area contributed by atoms with Crippen LogP contribution in [0.2, 0.25) is 0 Å². The lowest BCUT2D eigenvalue weighted by Gasteiger charge is -2.40. The average molecular weight is 405 g/mol. The molecule has 9 heteroatoms. The summed E-state index contributed by atoms with van der Waals surface area (Å²) in [5.74, 6) is -1.07. The molecule has 2 aliphatic heterocycles. The van der Waals surface area contributed by atoms with Crippen molar-refractivity contribution in [2.75, 3.05) is 36.0 Å². The highest BCUT2D eigenvalue weighted by atomic mass is 32.2. The van der Waals surface area contributed by atoms with Crippen LogP contribution in [0.1, 0.15) is 23.2 Å². The Morgan fingerprint density at radius 1 is 1.14 bits per heavy atom. The molecular weight excluding hydrogens is 385 g/mol. The number of hydrogen-bond donors (Lipinski definition) is 1. The van der Waals surface area contributed by atoms with Crippen LogP contribution in [0.3, 0.4) is 0 Å². The maximum absolute atomic E-state index is 13.8. The molecule has 7 nitrogen and oxygen atoms in total. The van der Waals surface area contributed by atoms with Crippen LogP contribution in [0.25, 0.3) is 0 Å². The summed E-state index contributed by atoms with van der Waals surface area (Å²) in [6.07, 6.45) is 4.24. The van der Waals surface area contributed by atoms with E-state index in [4.69, 9.17) is 0 Å². The van der Waals surface area contributed by atoms with Gasteiger partial charge in [-0.25, -0.2) is 17.8 Å². The van der Waals surface area contributed by atoms with Crippen molar-refractivity contribution in [1.82, 2.24) is 4.98 Å². The first kappa shape index (κ1) is 18.7. The van der Waals surface area contributed by atoms with Gasteiger partial charge in [0, 0.05) is 44.1 Å². The maximum atomic E-state index is 13.8. The predicted octanol–water partition coefficient (Wildman–Crippen LogP) is 2.00. The second-order valence-corrected chi connectivity index (χ2v) is 9.33. The zero-order chi connectivity index (χ0) is 19.9. The van der Waals surface area contributed by atoms with E-state index in [-0.39, 0.29) is 29.8 Å². The number of phenolic OH excluding ortho intramolecular Hbond substituents is 1. The maximum Gasteiger partial charge on any atom is 0.184 e. The highest BCUT2D eigenvalue weighted by molar-refractivity contribution is 7.92. The standard InChI is InChI=1S/C19H20FN3O4S/c20-17-9-15(7-13(12-24)19(17)25)28(26,27)16-10-23(11-16)14-3-4-21-18(8-14)22-5-1-2-6-22/h3-4,7-9,12,16,25H,1-2,5-6,10-11H2. The molecular formula is C19H20FN3O4S. The molecule has 0 atom stereocenters. The Kier molecular flexibility index (Phi) is 4.70. The molecule has 2 aromatic rings. The first-order valence-electron chi connectivity index (χ1n) is 9.07. The Bertz CT molecular complexity index is 1020. The fourth-order valence-electron chi connectivity index (χ4n) is 3.61. The number of sulfone groups is 1. The first-order valence-corrected chi connectivity index (χ1v) is 10.6. The van der Waals surface area contributed by atoms with Crippen molar-refractivity contribution in [2.24, 2.45) is 0 Å². The lowest BCUT2D eigenvalue weighted by atomic mass is 10.2.